The van der Waals surface area contributed by atoms with E-state index < -0.39 is 27.7 Å². The van der Waals surface area contributed by atoms with E-state index in [0.29, 0.717) is 50.5 Å². The number of sulfonamides is 1. The fourth-order valence-electron chi connectivity index (χ4n) is 5.95. The molecule has 184 valence electrons. The Balaban J connectivity index is 1.49. The second-order valence-corrected chi connectivity index (χ2v) is 12.6. The molecule has 3 aliphatic rings. The molecule has 0 saturated carbocycles. The summed E-state index contributed by atoms with van der Waals surface area (Å²) >= 11 is 0. The van der Waals surface area contributed by atoms with Gasteiger partial charge < -0.3 is 9.64 Å². The Morgan fingerprint density at radius 2 is 1.85 bits per heavy atom. The van der Waals surface area contributed by atoms with Crippen molar-refractivity contribution in [3.63, 3.8) is 0 Å². The van der Waals surface area contributed by atoms with Gasteiger partial charge in [-0.2, -0.15) is 4.31 Å². The van der Waals surface area contributed by atoms with Crippen molar-refractivity contribution in [2.24, 2.45) is 5.41 Å². The van der Waals surface area contributed by atoms with Gasteiger partial charge in [-0.05, 0) is 75.8 Å². The summed E-state index contributed by atoms with van der Waals surface area (Å²) < 4.78 is 63.2. The minimum Gasteiger partial charge on any atom is -0.375 e. The summed E-state index contributed by atoms with van der Waals surface area (Å²) in [6, 6.07) is 4.31. The first-order valence-electron chi connectivity index (χ1n) is 11.8. The average molecular weight is 492 g/mol. The number of nitrogens with zero attached hydrogens (tertiary/aromatic N) is 3. The molecule has 5 rings (SSSR count). The zero-order valence-electron chi connectivity index (χ0n) is 19.9. The molecule has 0 N–H and O–H groups in total. The maximum Gasteiger partial charge on any atom is 0.247 e. The molecule has 4 heterocycles. The Morgan fingerprint density at radius 1 is 1.12 bits per heavy atom. The van der Waals surface area contributed by atoms with Gasteiger partial charge in [0.25, 0.3) is 0 Å². The van der Waals surface area contributed by atoms with E-state index in [2.05, 4.69) is 23.7 Å². The number of halogens is 2. The third-order valence-corrected chi connectivity index (χ3v) is 9.25. The highest BCUT2D eigenvalue weighted by molar-refractivity contribution is 7.89. The van der Waals surface area contributed by atoms with Crippen molar-refractivity contribution >= 4 is 15.8 Å². The summed E-state index contributed by atoms with van der Waals surface area (Å²) in [6.07, 6.45) is 4.66. The highest BCUT2D eigenvalue weighted by atomic mass is 32.2. The van der Waals surface area contributed by atoms with E-state index in [1.807, 2.05) is 6.92 Å². The first kappa shape index (κ1) is 23.6. The second-order valence-electron chi connectivity index (χ2n) is 10.7. The van der Waals surface area contributed by atoms with E-state index in [4.69, 9.17) is 4.74 Å². The number of ether oxygens (including phenoxy) is 1. The monoisotopic (exact) mass is 491 g/mol. The van der Waals surface area contributed by atoms with Crippen LogP contribution < -0.4 is 4.90 Å². The molecule has 2 atom stereocenters. The Bertz CT molecular complexity index is 1200. The quantitative estimate of drug-likeness (QED) is 0.626. The molecule has 3 aliphatic heterocycles. The Kier molecular flexibility index (Phi) is 5.73. The van der Waals surface area contributed by atoms with Crippen LogP contribution in [0.1, 0.15) is 56.7 Å². The van der Waals surface area contributed by atoms with Crippen LogP contribution in [0.3, 0.4) is 0 Å². The smallest absolute Gasteiger partial charge is 0.247 e. The molecule has 0 aliphatic carbocycles. The maximum absolute atomic E-state index is 14.0. The summed E-state index contributed by atoms with van der Waals surface area (Å²) in [7, 11) is -3.96. The number of pyridine rings is 1. The predicted molar refractivity (Wildman–Crippen MR) is 125 cm³/mol. The van der Waals surface area contributed by atoms with Crippen molar-refractivity contribution in [1.82, 2.24) is 9.29 Å². The third kappa shape index (κ3) is 4.22. The molecule has 0 radical (unpaired) electrons. The molecular formula is C25H31F2N3O3S. The van der Waals surface area contributed by atoms with Crippen LogP contribution in [0.15, 0.2) is 35.4 Å². The van der Waals surface area contributed by atoms with Crippen molar-refractivity contribution in [2.45, 2.75) is 63.0 Å². The summed E-state index contributed by atoms with van der Waals surface area (Å²) in [6.45, 7) is 8.34. The average Bonchev–Trinajstić information content (AvgIpc) is 3.46. The van der Waals surface area contributed by atoms with Crippen molar-refractivity contribution in [2.75, 3.05) is 31.1 Å². The van der Waals surface area contributed by atoms with Gasteiger partial charge in [0.05, 0.1) is 18.2 Å². The lowest BCUT2D eigenvalue weighted by molar-refractivity contribution is 0.0320. The standard InChI is InChI=1S/C25H31F2N3O3S/c1-17-9-22(23(28-13-17)29-8-6-25(15-29)14-24(2,3)33-16-25)34(31,32)30-7-4-5-21(30)18-10-19(26)12-20(27)11-18/h9-13,21H,4-8,14-16H2,1-3H3. The number of rotatable bonds is 4. The molecule has 3 fully saturated rings. The number of hydrogen-bond acceptors (Lipinski definition) is 5. The Hall–Kier alpha value is -2.10. The van der Waals surface area contributed by atoms with Gasteiger partial charge in [0, 0.05) is 37.3 Å². The fourth-order valence-corrected chi connectivity index (χ4v) is 7.88. The van der Waals surface area contributed by atoms with Crippen LogP contribution in [-0.2, 0) is 14.8 Å². The number of hydrogen-bond donors (Lipinski definition) is 0. The predicted octanol–water partition coefficient (Wildman–Crippen LogP) is 4.59. The van der Waals surface area contributed by atoms with Gasteiger partial charge in [0.2, 0.25) is 10.0 Å². The van der Waals surface area contributed by atoms with Crippen molar-refractivity contribution < 1.29 is 21.9 Å². The lowest BCUT2D eigenvalue weighted by atomic mass is 9.81. The number of aromatic nitrogens is 1. The van der Waals surface area contributed by atoms with Gasteiger partial charge in [-0.1, -0.05) is 0 Å². The van der Waals surface area contributed by atoms with Crippen LogP contribution >= 0.6 is 0 Å². The highest BCUT2D eigenvalue weighted by Crippen LogP contribution is 2.47. The lowest BCUT2D eigenvalue weighted by Crippen LogP contribution is -2.34. The molecular weight excluding hydrogens is 460 g/mol. The van der Waals surface area contributed by atoms with Crippen molar-refractivity contribution in [3.05, 3.63) is 53.2 Å². The largest absolute Gasteiger partial charge is 0.375 e. The number of anilines is 1. The zero-order valence-corrected chi connectivity index (χ0v) is 20.7. The van der Waals surface area contributed by atoms with Gasteiger partial charge in [0.15, 0.2) is 0 Å². The molecule has 9 heteroatoms. The van der Waals surface area contributed by atoms with Crippen molar-refractivity contribution in [3.8, 4) is 0 Å². The van der Waals surface area contributed by atoms with Crippen molar-refractivity contribution in [1.29, 1.82) is 0 Å². The van der Waals surface area contributed by atoms with E-state index in [9.17, 15) is 17.2 Å². The van der Waals surface area contributed by atoms with E-state index in [-0.39, 0.29) is 15.9 Å². The topological polar surface area (TPSA) is 62.7 Å². The van der Waals surface area contributed by atoms with Gasteiger partial charge in [-0.25, -0.2) is 22.2 Å². The molecule has 1 aromatic heterocycles. The number of benzene rings is 1. The number of aryl methyl sites for hydroxylation is 1. The molecule has 0 bridgehead atoms. The minimum atomic E-state index is -3.96. The molecule has 0 amide bonds. The maximum atomic E-state index is 14.0. The molecule has 3 saturated heterocycles. The first-order valence-corrected chi connectivity index (χ1v) is 13.3. The van der Waals surface area contributed by atoms with E-state index in [0.717, 1.165) is 24.5 Å². The van der Waals surface area contributed by atoms with Gasteiger partial charge in [-0.3, -0.25) is 0 Å². The Labute approximate surface area is 200 Å². The van der Waals surface area contributed by atoms with Gasteiger partial charge >= 0.3 is 0 Å². The summed E-state index contributed by atoms with van der Waals surface area (Å²) in [4.78, 5) is 6.79. The Morgan fingerprint density at radius 3 is 2.53 bits per heavy atom. The van der Waals surface area contributed by atoms with Gasteiger partial charge in [0.1, 0.15) is 22.3 Å². The summed E-state index contributed by atoms with van der Waals surface area (Å²) in [5, 5.41) is 0. The normalized spacial score (nSPS) is 27.2. The molecule has 1 aromatic carbocycles. The molecule has 1 spiro atoms. The summed E-state index contributed by atoms with van der Waals surface area (Å²) in [5.74, 6) is -0.967. The van der Waals surface area contributed by atoms with Crippen LogP contribution in [0.25, 0.3) is 0 Å². The molecule has 2 unspecified atom stereocenters. The van der Waals surface area contributed by atoms with Crippen LogP contribution in [-0.4, -0.2) is 49.5 Å². The van der Waals surface area contributed by atoms with Crippen LogP contribution in [0.2, 0.25) is 0 Å². The fraction of sp³-hybridized carbons (Fsp3) is 0.560. The van der Waals surface area contributed by atoms with Gasteiger partial charge in [-0.15, -0.1) is 0 Å². The lowest BCUT2D eigenvalue weighted by Gasteiger charge is -2.28. The molecule has 2 aromatic rings. The van der Waals surface area contributed by atoms with Crippen LogP contribution in [0, 0.1) is 24.0 Å². The summed E-state index contributed by atoms with van der Waals surface area (Å²) in [5.41, 5.74) is 0.890. The zero-order chi connectivity index (χ0) is 24.3. The van der Waals surface area contributed by atoms with Crippen LogP contribution in [0.5, 0.6) is 0 Å². The van der Waals surface area contributed by atoms with E-state index >= 15 is 0 Å². The minimum absolute atomic E-state index is 0.00757. The highest BCUT2D eigenvalue weighted by Gasteiger charge is 2.49. The SMILES string of the molecule is Cc1cnc(N2CCC3(COC(C)(C)C3)C2)c(S(=O)(=O)N2CCCC2c2cc(F)cc(F)c2)c1. The van der Waals surface area contributed by atoms with E-state index in [1.165, 1.54) is 16.4 Å². The van der Waals surface area contributed by atoms with Crippen LogP contribution in [0.4, 0.5) is 14.6 Å². The molecule has 6 nitrogen and oxygen atoms in total. The van der Waals surface area contributed by atoms with E-state index in [1.54, 1.807) is 12.3 Å². The third-order valence-electron chi connectivity index (χ3n) is 7.34. The molecule has 34 heavy (non-hydrogen) atoms. The second kappa shape index (κ2) is 8.24. The first-order chi connectivity index (χ1) is 16.0.